The van der Waals surface area contributed by atoms with Gasteiger partial charge in [-0.15, -0.1) is 0 Å². The Bertz CT molecular complexity index is 1020. The first-order valence-electron chi connectivity index (χ1n) is 10.9. The zero-order valence-electron chi connectivity index (χ0n) is 19.6. The van der Waals surface area contributed by atoms with Gasteiger partial charge in [-0.25, -0.2) is 0 Å². The van der Waals surface area contributed by atoms with Crippen molar-refractivity contribution in [2.45, 2.75) is 46.3 Å². The number of carbonyl (C=O) groups excluding carboxylic acids is 2. The summed E-state index contributed by atoms with van der Waals surface area (Å²) in [7, 11) is 3.88. The Morgan fingerprint density at radius 2 is 1.75 bits per heavy atom. The van der Waals surface area contributed by atoms with Crippen molar-refractivity contribution in [3.63, 3.8) is 0 Å². The summed E-state index contributed by atoms with van der Waals surface area (Å²) >= 11 is 0. The van der Waals surface area contributed by atoms with E-state index in [0.29, 0.717) is 17.0 Å². The zero-order valence-corrected chi connectivity index (χ0v) is 19.6. The maximum Gasteiger partial charge on any atom is 0.294 e. The standard InChI is InChI=1S/C26H32N2O4/c1-16(2)14-22(29)23-24(18-8-7-9-21(15-18)32-17(3)4)28(26(31)25(23)30)20-12-10-19(11-13-20)27(5)6/h7-13,15-17,24,30H,14H2,1-6H3. The van der Waals surface area contributed by atoms with Gasteiger partial charge in [-0.3, -0.25) is 14.5 Å². The number of nitrogens with zero attached hydrogens (tertiary/aromatic N) is 2. The van der Waals surface area contributed by atoms with Gasteiger partial charge in [-0.2, -0.15) is 0 Å². The van der Waals surface area contributed by atoms with E-state index in [4.69, 9.17) is 4.74 Å². The topological polar surface area (TPSA) is 70.1 Å². The molecule has 0 aromatic heterocycles. The molecular weight excluding hydrogens is 404 g/mol. The Morgan fingerprint density at radius 3 is 2.31 bits per heavy atom. The molecule has 0 radical (unpaired) electrons. The molecule has 2 aromatic carbocycles. The number of hydrogen-bond acceptors (Lipinski definition) is 5. The minimum Gasteiger partial charge on any atom is -0.503 e. The Labute approximate surface area is 190 Å². The number of anilines is 2. The van der Waals surface area contributed by atoms with E-state index < -0.39 is 17.7 Å². The third-order valence-corrected chi connectivity index (χ3v) is 5.29. The van der Waals surface area contributed by atoms with Crippen molar-refractivity contribution in [2.24, 2.45) is 5.92 Å². The summed E-state index contributed by atoms with van der Waals surface area (Å²) in [6.07, 6.45) is 0.231. The van der Waals surface area contributed by atoms with Gasteiger partial charge in [-0.05, 0) is 61.7 Å². The van der Waals surface area contributed by atoms with Crippen LogP contribution in [-0.4, -0.2) is 37.0 Å². The number of rotatable bonds is 8. The van der Waals surface area contributed by atoms with E-state index in [9.17, 15) is 14.7 Å². The minimum absolute atomic E-state index is 0.0175. The molecule has 6 nitrogen and oxygen atoms in total. The van der Waals surface area contributed by atoms with Crippen molar-refractivity contribution in [2.75, 3.05) is 23.9 Å². The fraction of sp³-hybridized carbons (Fsp3) is 0.385. The van der Waals surface area contributed by atoms with Gasteiger partial charge in [0.2, 0.25) is 0 Å². The SMILES string of the molecule is CC(C)CC(=O)C1=C(O)C(=O)N(c2ccc(N(C)C)cc2)C1c1cccc(OC(C)C)c1. The van der Waals surface area contributed by atoms with Crippen LogP contribution in [0.3, 0.4) is 0 Å². The van der Waals surface area contributed by atoms with Gasteiger partial charge >= 0.3 is 0 Å². The number of ketones is 1. The summed E-state index contributed by atoms with van der Waals surface area (Å²) < 4.78 is 5.84. The molecular formula is C26H32N2O4. The summed E-state index contributed by atoms with van der Waals surface area (Å²) in [6, 6.07) is 14.1. The molecule has 0 fully saturated rings. The van der Waals surface area contributed by atoms with Crippen LogP contribution < -0.4 is 14.5 Å². The van der Waals surface area contributed by atoms with Gasteiger partial charge in [0.05, 0.1) is 17.7 Å². The highest BCUT2D eigenvalue weighted by molar-refractivity contribution is 6.16. The molecule has 2 aromatic rings. The van der Waals surface area contributed by atoms with E-state index in [1.807, 2.05) is 95.2 Å². The predicted molar refractivity (Wildman–Crippen MR) is 127 cm³/mol. The fourth-order valence-corrected chi connectivity index (χ4v) is 3.89. The van der Waals surface area contributed by atoms with Gasteiger partial charge in [0.1, 0.15) is 5.75 Å². The van der Waals surface area contributed by atoms with E-state index in [1.165, 1.54) is 4.90 Å². The van der Waals surface area contributed by atoms with Crippen molar-refractivity contribution >= 4 is 23.1 Å². The summed E-state index contributed by atoms with van der Waals surface area (Å²) in [4.78, 5) is 29.8. The Kier molecular flexibility index (Phi) is 6.92. The molecule has 1 amide bonds. The molecule has 0 saturated carbocycles. The van der Waals surface area contributed by atoms with Gasteiger partial charge in [-0.1, -0.05) is 26.0 Å². The molecule has 170 valence electrons. The van der Waals surface area contributed by atoms with Crippen LogP contribution in [0.2, 0.25) is 0 Å². The van der Waals surface area contributed by atoms with Crippen LogP contribution in [0, 0.1) is 5.92 Å². The molecule has 1 atom stereocenters. The second-order valence-corrected chi connectivity index (χ2v) is 9.01. The van der Waals surface area contributed by atoms with Crippen molar-refractivity contribution in [3.05, 3.63) is 65.4 Å². The number of amides is 1. The maximum atomic E-state index is 13.2. The maximum absolute atomic E-state index is 13.2. The van der Waals surface area contributed by atoms with E-state index in [-0.39, 0.29) is 29.8 Å². The Morgan fingerprint density at radius 1 is 1.09 bits per heavy atom. The van der Waals surface area contributed by atoms with E-state index in [1.54, 1.807) is 0 Å². The molecule has 6 heteroatoms. The number of benzene rings is 2. The van der Waals surface area contributed by atoms with Crippen LogP contribution in [0.5, 0.6) is 5.75 Å². The number of Topliss-reactive ketones (excluding diaryl/α,β-unsaturated/α-hetero) is 1. The van der Waals surface area contributed by atoms with Crippen molar-refractivity contribution in [1.29, 1.82) is 0 Å². The Hall–Kier alpha value is -3.28. The number of aliphatic hydroxyl groups is 1. The van der Waals surface area contributed by atoms with Crippen molar-refractivity contribution in [1.82, 2.24) is 0 Å². The molecule has 0 aliphatic carbocycles. The Balaban J connectivity index is 2.12. The highest BCUT2D eigenvalue weighted by atomic mass is 16.5. The largest absolute Gasteiger partial charge is 0.503 e. The van der Waals surface area contributed by atoms with Crippen LogP contribution in [-0.2, 0) is 9.59 Å². The number of carbonyl (C=O) groups is 2. The fourth-order valence-electron chi connectivity index (χ4n) is 3.89. The summed E-state index contributed by atoms with van der Waals surface area (Å²) in [5, 5.41) is 10.8. The van der Waals surface area contributed by atoms with Gasteiger partial charge in [0, 0.05) is 31.9 Å². The first-order valence-corrected chi connectivity index (χ1v) is 10.9. The van der Waals surface area contributed by atoms with Crippen LogP contribution in [0.15, 0.2) is 59.9 Å². The van der Waals surface area contributed by atoms with E-state index in [2.05, 4.69) is 0 Å². The van der Waals surface area contributed by atoms with Crippen molar-refractivity contribution in [3.8, 4) is 5.75 Å². The van der Waals surface area contributed by atoms with Gasteiger partial charge in [0.25, 0.3) is 5.91 Å². The molecule has 0 spiro atoms. The first kappa shape index (κ1) is 23.4. The average Bonchev–Trinajstić information content (AvgIpc) is 2.98. The molecule has 3 rings (SSSR count). The van der Waals surface area contributed by atoms with E-state index >= 15 is 0 Å². The highest BCUT2D eigenvalue weighted by Gasteiger charge is 2.44. The molecule has 1 aliphatic heterocycles. The first-order chi connectivity index (χ1) is 15.1. The molecule has 1 unspecified atom stereocenters. The lowest BCUT2D eigenvalue weighted by atomic mass is 9.92. The van der Waals surface area contributed by atoms with Crippen molar-refractivity contribution < 1.29 is 19.4 Å². The molecule has 1 aliphatic rings. The monoisotopic (exact) mass is 436 g/mol. The smallest absolute Gasteiger partial charge is 0.294 e. The molecule has 1 heterocycles. The van der Waals surface area contributed by atoms with Crippen LogP contribution >= 0.6 is 0 Å². The summed E-state index contributed by atoms with van der Waals surface area (Å²) in [5.74, 6) is -0.529. The van der Waals surface area contributed by atoms with Crippen LogP contribution in [0.25, 0.3) is 0 Å². The van der Waals surface area contributed by atoms with Gasteiger partial charge < -0.3 is 14.7 Å². The van der Waals surface area contributed by atoms with Gasteiger partial charge in [0.15, 0.2) is 11.5 Å². The molecule has 0 saturated heterocycles. The predicted octanol–water partition coefficient (Wildman–Crippen LogP) is 5.06. The molecule has 32 heavy (non-hydrogen) atoms. The lowest BCUT2D eigenvalue weighted by Crippen LogP contribution is -2.31. The normalized spacial score (nSPS) is 16.3. The average molecular weight is 437 g/mol. The third kappa shape index (κ3) is 4.79. The van der Waals surface area contributed by atoms with E-state index in [0.717, 1.165) is 5.69 Å². The second-order valence-electron chi connectivity index (χ2n) is 9.01. The minimum atomic E-state index is -0.727. The lowest BCUT2D eigenvalue weighted by molar-refractivity contribution is -0.118. The second kappa shape index (κ2) is 9.47. The lowest BCUT2D eigenvalue weighted by Gasteiger charge is -2.28. The molecule has 0 bridgehead atoms. The zero-order chi connectivity index (χ0) is 23.6. The highest BCUT2D eigenvalue weighted by Crippen LogP contribution is 2.42. The number of aliphatic hydroxyl groups excluding tert-OH is 1. The quantitative estimate of drug-likeness (QED) is 0.627. The van der Waals surface area contributed by atoms with Crippen LogP contribution in [0.1, 0.15) is 45.7 Å². The van der Waals surface area contributed by atoms with Crippen LogP contribution in [0.4, 0.5) is 11.4 Å². The molecule has 1 N–H and O–H groups in total. The summed E-state index contributed by atoms with van der Waals surface area (Å²) in [5.41, 5.74) is 2.45. The summed E-state index contributed by atoms with van der Waals surface area (Å²) in [6.45, 7) is 7.76. The number of hydrogen-bond donors (Lipinski definition) is 1. The number of ether oxygens (including phenoxy) is 1. The third-order valence-electron chi connectivity index (χ3n) is 5.29.